The van der Waals surface area contributed by atoms with Crippen LogP contribution in [0.1, 0.15) is 25.7 Å². The first-order valence-corrected chi connectivity index (χ1v) is 8.71. The molecule has 0 aromatic rings. The lowest BCUT2D eigenvalue weighted by Crippen LogP contribution is -2.69. The maximum Gasteiger partial charge on any atom is 0.196 e. The largest absolute Gasteiger partial charge is 0.633 e. The average Bonchev–Trinajstić information content (AvgIpc) is 2.88. The SMILES string of the molecule is COC1=C2O[C@H]3C(=O)C=C[C@H]4[C@H]5CC(CC1)C2[C@@]34CC[N+]5(C)[O-]. The van der Waals surface area contributed by atoms with E-state index in [1.807, 2.05) is 13.1 Å². The van der Waals surface area contributed by atoms with Gasteiger partial charge in [0, 0.05) is 36.5 Å². The number of hydrogen-bond acceptors (Lipinski definition) is 4. The molecule has 2 saturated heterocycles. The molecule has 5 rings (SSSR count). The van der Waals surface area contributed by atoms with E-state index >= 15 is 0 Å². The molecule has 7 atom stereocenters. The minimum absolute atomic E-state index is 0.0592. The van der Waals surface area contributed by atoms with Crippen LogP contribution < -0.4 is 0 Å². The number of ether oxygens (including phenoxy) is 2. The highest BCUT2D eigenvalue weighted by Crippen LogP contribution is 2.68. The molecule has 0 radical (unpaired) electrons. The first-order valence-electron chi connectivity index (χ1n) is 8.71. The summed E-state index contributed by atoms with van der Waals surface area (Å²) in [5.74, 6) is 2.77. The first kappa shape index (κ1) is 14.1. The highest BCUT2D eigenvalue weighted by atomic mass is 16.5. The van der Waals surface area contributed by atoms with Crippen LogP contribution in [0.25, 0.3) is 0 Å². The Bertz CT molecular complexity index is 651. The van der Waals surface area contributed by atoms with Crippen LogP contribution in [0.4, 0.5) is 0 Å². The molecule has 2 aliphatic heterocycles. The summed E-state index contributed by atoms with van der Waals surface area (Å²) in [6.45, 7) is 0.584. The Morgan fingerprint density at radius 1 is 1.48 bits per heavy atom. The molecule has 1 saturated carbocycles. The van der Waals surface area contributed by atoms with Gasteiger partial charge in [-0.15, -0.1) is 0 Å². The van der Waals surface area contributed by atoms with Gasteiger partial charge in [-0.3, -0.25) is 4.79 Å². The molecule has 3 fully saturated rings. The van der Waals surface area contributed by atoms with Crippen LogP contribution >= 0.6 is 0 Å². The van der Waals surface area contributed by atoms with E-state index in [0.29, 0.717) is 12.5 Å². The fraction of sp³-hybridized carbons (Fsp3) is 0.722. The van der Waals surface area contributed by atoms with Crippen LogP contribution in [0.15, 0.2) is 23.7 Å². The summed E-state index contributed by atoms with van der Waals surface area (Å²) >= 11 is 0. The van der Waals surface area contributed by atoms with Crippen LogP contribution in [0, 0.1) is 28.4 Å². The van der Waals surface area contributed by atoms with Gasteiger partial charge in [0.1, 0.15) is 11.5 Å². The molecule has 3 aliphatic carbocycles. The van der Waals surface area contributed by atoms with Crippen molar-refractivity contribution in [1.82, 2.24) is 0 Å². The van der Waals surface area contributed by atoms with Gasteiger partial charge in [-0.05, 0) is 18.4 Å². The van der Waals surface area contributed by atoms with E-state index in [0.717, 1.165) is 37.2 Å². The lowest BCUT2D eigenvalue weighted by Gasteiger charge is -2.64. The molecule has 23 heavy (non-hydrogen) atoms. The van der Waals surface area contributed by atoms with Gasteiger partial charge in [-0.2, -0.15) is 0 Å². The van der Waals surface area contributed by atoms with Crippen LogP contribution in [0.5, 0.6) is 0 Å². The summed E-state index contributed by atoms with van der Waals surface area (Å²) in [6.07, 6.45) is 6.89. The molecule has 2 heterocycles. The van der Waals surface area contributed by atoms with Crippen molar-refractivity contribution in [3.05, 3.63) is 28.9 Å². The van der Waals surface area contributed by atoms with Gasteiger partial charge >= 0.3 is 0 Å². The standard InChI is InChI=1S/C18H23NO4/c1-19(21)8-7-18-11-4-5-13(20)17(18)23-16-14(22-2)6-3-10(15(16)18)9-12(11)19/h4-5,10-12,15,17H,3,6-9H2,1-2H3/t10?,11-,12+,15?,17-,18-,19?/m0/s1. The van der Waals surface area contributed by atoms with Gasteiger partial charge < -0.3 is 19.3 Å². The molecule has 124 valence electrons. The van der Waals surface area contributed by atoms with Crippen molar-refractivity contribution in [1.29, 1.82) is 0 Å². The number of ketones is 1. The fourth-order valence-electron chi connectivity index (χ4n) is 6.38. The number of rotatable bonds is 1. The lowest BCUT2D eigenvalue weighted by atomic mass is 9.47. The molecule has 0 aromatic carbocycles. The van der Waals surface area contributed by atoms with Crippen molar-refractivity contribution in [2.45, 2.75) is 37.8 Å². The number of nitrogens with zero attached hydrogens (tertiary/aromatic N) is 1. The van der Waals surface area contributed by atoms with E-state index < -0.39 is 6.10 Å². The summed E-state index contributed by atoms with van der Waals surface area (Å²) in [5, 5.41) is 13.1. The normalized spacial score (nSPS) is 53.0. The third kappa shape index (κ3) is 1.48. The summed E-state index contributed by atoms with van der Waals surface area (Å²) in [5.41, 5.74) is -0.207. The zero-order chi connectivity index (χ0) is 16.0. The van der Waals surface area contributed by atoms with Gasteiger partial charge in [0.15, 0.2) is 11.9 Å². The third-order valence-corrected chi connectivity index (χ3v) is 7.33. The topological polar surface area (TPSA) is 58.6 Å². The summed E-state index contributed by atoms with van der Waals surface area (Å²) in [6, 6.07) is 0.0592. The van der Waals surface area contributed by atoms with Crippen molar-refractivity contribution in [2.24, 2.45) is 23.2 Å². The van der Waals surface area contributed by atoms with Crippen LogP contribution in [0.3, 0.4) is 0 Å². The van der Waals surface area contributed by atoms with E-state index in [2.05, 4.69) is 0 Å². The summed E-state index contributed by atoms with van der Waals surface area (Å²) in [7, 11) is 3.51. The average molecular weight is 317 g/mol. The quantitative estimate of drug-likeness (QED) is 0.549. The minimum Gasteiger partial charge on any atom is -0.633 e. The molecular formula is C18H23NO4. The van der Waals surface area contributed by atoms with E-state index in [9.17, 15) is 10.0 Å². The highest BCUT2D eigenvalue weighted by molar-refractivity contribution is 5.96. The second-order valence-corrected chi connectivity index (χ2v) is 8.12. The molecule has 1 spiro atoms. The number of allylic oxidation sites excluding steroid dienone is 2. The van der Waals surface area contributed by atoms with E-state index in [-0.39, 0.29) is 33.7 Å². The Hall–Kier alpha value is -1.33. The first-order chi connectivity index (χ1) is 11.0. The van der Waals surface area contributed by atoms with Crippen molar-refractivity contribution < 1.29 is 18.9 Å². The molecule has 0 aromatic heterocycles. The van der Waals surface area contributed by atoms with E-state index in [4.69, 9.17) is 9.47 Å². The number of likely N-dealkylation sites (tertiary alicyclic amines) is 1. The van der Waals surface area contributed by atoms with Crippen LogP contribution in [-0.4, -0.2) is 43.3 Å². The molecule has 0 amide bonds. The van der Waals surface area contributed by atoms with Gasteiger partial charge in [-0.1, -0.05) is 6.08 Å². The minimum atomic E-state index is -0.411. The predicted molar refractivity (Wildman–Crippen MR) is 82.6 cm³/mol. The van der Waals surface area contributed by atoms with Gasteiger partial charge in [0.25, 0.3) is 0 Å². The van der Waals surface area contributed by atoms with E-state index in [1.54, 1.807) is 13.2 Å². The molecule has 5 nitrogen and oxygen atoms in total. The fourth-order valence-corrected chi connectivity index (χ4v) is 6.38. The molecule has 5 aliphatic rings. The predicted octanol–water partition coefficient (Wildman–Crippen LogP) is 2.13. The van der Waals surface area contributed by atoms with E-state index in [1.165, 1.54) is 0 Å². The number of carbonyl (C=O) groups excluding carboxylic acids is 1. The van der Waals surface area contributed by atoms with Crippen LogP contribution in [0.2, 0.25) is 0 Å². The number of hydroxylamine groups is 3. The number of quaternary nitrogens is 1. The number of piperidine rings is 1. The smallest absolute Gasteiger partial charge is 0.196 e. The Kier molecular flexibility index (Phi) is 2.56. The molecule has 3 unspecified atom stereocenters. The number of carbonyl (C=O) groups is 1. The molecular weight excluding hydrogens is 294 g/mol. The Balaban J connectivity index is 1.74. The lowest BCUT2D eigenvalue weighted by molar-refractivity contribution is -0.902. The zero-order valence-electron chi connectivity index (χ0n) is 13.7. The van der Waals surface area contributed by atoms with Crippen molar-refractivity contribution >= 4 is 5.78 Å². The maximum absolute atomic E-state index is 13.1. The Labute approximate surface area is 136 Å². The molecule has 2 bridgehead atoms. The highest BCUT2D eigenvalue weighted by Gasteiger charge is 2.72. The number of hydrogen-bond donors (Lipinski definition) is 0. The molecule has 5 heteroatoms. The number of methoxy groups -OCH3 is 1. The van der Waals surface area contributed by atoms with Crippen molar-refractivity contribution in [2.75, 3.05) is 20.7 Å². The second-order valence-electron chi connectivity index (χ2n) is 8.12. The van der Waals surface area contributed by atoms with Crippen molar-refractivity contribution in [3.8, 4) is 0 Å². The zero-order valence-corrected chi connectivity index (χ0v) is 13.7. The Morgan fingerprint density at radius 2 is 2.30 bits per heavy atom. The van der Waals surface area contributed by atoms with Crippen LogP contribution in [-0.2, 0) is 14.3 Å². The second kappa shape index (κ2) is 4.19. The van der Waals surface area contributed by atoms with Gasteiger partial charge in [0.2, 0.25) is 0 Å². The Morgan fingerprint density at radius 3 is 3.09 bits per heavy atom. The van der Waals surface area contributed by atoms with Gasteiger partial charge in [-0.25, -0.2) is 0 Å². The maximum atomic E-state index is 13.1. The monoisotopic (exact) mass is 317 g/mol. The van der Waals surface area contributed by atoms with Crippen molar-refractivity contribution in [3.63, 3.8) is 0 Å². The summed E-state index contributed by atoms with van der Waals surface area (Å²) < 4.78 is 11.7. The van der Waals surface area contributed by atoms with Gasteiger partial charge in [0.05, 0.1) is 26.7 Å². The third-order valence-electron chi connectivity index (χ3n) is 7.33. The molecule has 0 N–H and O–H groups in total. The summed E-state index contributed by atoms with van der Waals surface area (Å²) in [4.78, 5) is 12.6.